The third-order valence-electron chi connectivity index (χ3n) is 17.9. The number of oxazole rings is 5. The summed E-state index contributed by atoms with van der Waals surface area (Å²) in [6.07, 6.45) is 9.32. The SMILES string of the molecule is COc1cccc(CC(=O)Cc2ccc(-c3cnco3)c(F)c2)c1.O=C(Cc1ccc(-c2cnco2)c(F)c1)Cc1ccc(F)cc1F.O=C(Cc1ccc(-c2cnco2)c(F)c1)Cc1ccccc1C(F)(F)F.O=C(Cc1ccc(-c2cnco2)c(F)c1)Cc1ccccc1Cl.O=C(Cc1ccccc1)Cc1ccc(-c2cnco2)c(F)c1. The zero-order chi connectivity index (χ0) is 84.4. The van der Waals surface area contributed by atoms with Gasteiger partial charge in [-0.15, -0.1) is 0 Å². The van der Waals surface area contributed by atoms with Gasteiger partial charge >= 0.3 is 6.18 Å². The van der Waals surface area contributed by atoms with E-state index in [1.165, 1.54) is 136 Å². The third kappa shape index (κ3) is 25.2. The van der Waals surface area contributed by atoms with Gasteiger partial charge in [-0.1, -0.05) is 127 Å². The normalized spacial score (nSPS) is 10.9. The van der Waals surface area contributed by atoms with Crippen LogP contribution in [0.2, 0.25) is 5.02 Å². The number of hydrogen-bond acceptors (Lipinski definition) is 16. The monoisotopic (exact) mass is 1640 g/mol. The number of carbonyl (C=O) groups excluding carboxylic acids is 5. The second kappa shape index (κ2) is 41.5. The van der Waals surface area contributed by atoms with Crippen LogP contribution in [-0.2, 0) is 94.4 Å². The van der Waals surface area contributed by atoms with Crippen molar-refractivity contribution in [3.63, 3.8) is 0 Å². The minimum absolute atomic E-state index is 0.00932. The molecule has 10 aromatic carbocycles. The first kappa shape index (κ1) is 85.9. The van der Waals surface area contributed by atoms with Gasteiger partial charge in [0.05, 0.1) is 71.5 Å². The Balaban J connectivity index is 0.000000146. The molecule has 0 fully saturated rings. The molecule has 5 aromatic heterocycles. The van der Waals surface area contributed by atoms with Crippen LogP contribution in [0.25, 0.3) is 56.6 Å². The zero-order valence-corrected chi connectivity index (χ0v) is 63.7. The number of ether oxygens (including phenoxy) is 1. The summed E-state index contributed by atoms with van der Waals surface area (Å²) >= 11 is 6.05. The predicted octanol–water partition coefficient (Wildman–Crippen LogP) is 21.1. The van der Waals surface area contributed by atoms with E-state index in [-0.39, 0.29) is 109 Å². The highest BCUT2D eigenvalue weighted by Crippen LogP contribution is 2.34. The highest BCUT2D eigenvalue weighted by Gasteiger charge is 2.33. The molecule has 0 unspecified atom stereocenters. The first-order chi connectivity index (χ1) is 57.4. The van der Waals surface area contributed by atoms with Gasteiger partial charge in [-0.2, -0.15) is 13.2 Å². The van der Waals surface area contributed by atoms with Crippen molar-refractivity contribution in [3.05, 3.63) is 382 Å². The fraction of sp³-hybridized carbons (Fsp3) is 0.130. The maximum atomic E-state index is 14.2. The van der Waals surface area contributed by atoms with E-state index in [4.69, 9.17) is 38.4 Å². The van der Waals surface area contributed by atoms with Gasteiger partial charge in [0.2, 0.25) is 0 Å². The lowest BCUT2D eigenvalue weighted by Crippen LogP contribution is -2.13. The van der Waals surface area contributed by atoms with Gasteiger partial charge in [0.15, 0.2) is 60.8 Å². The standard InChI is InChI=1S/C19H13F4NO2.C19H16FNO3.C18H13ClFNO2.C18H12F3NO2.C18H14FNO2/c20-17-8-12(5-6-15(17)18-10-24-11-26-18)7-14(25)9-13-3-1-2-4-16(13)19(21,22)23;1-23-16-4-2-3-13(9-16)7-15(22)8-14-5-6-17(18(20)10-14)19-11-21-12-24-19;19-16-4-2-1-3-13(16)9-14(22)7-12-5-6-15(17(20)8-12)18-10-21-11-23-18;19-13-3-2-12(16(20)8-13)7-14(23)5-11-1-4-15(17(21)6-11)18-9-22-10-24-18;19-17-10-14(6-7-16(17)18-11-20-12-22-18)9-15(21)8-13-4-2-1-3-5-13/h1-6,8,10-11H,7,9H2;2-6,9-12H,7-8H2,1H3;1-6,8,10-11H,7,9H2;1-4,6,8-10H,5,7H2;1-7,10-12H,8-9H2. The van der Waals surface area contributed by atoms with Crippen LogP contribution in [0.3, 0.4) is 0 Å². The fourth-order valence-corrected chi connectivity index (χ4v) is 12.5. The van der Waals surface area contributed by atoms with Crippen molar-refractivity contribution >= 4 is 40.5 Å². The Morgan fingerprint density at radius 1 is 0.311 bits per heavy atom. The number of ketones is 5. The van der Waals surface area contributed by atoms with Crippen LogP contribution in [0.4, 0.5) is 43.9 Å². The summed E-state index contributed by atoms with van der Waals surface area (Å²) in [6.45, 7) is 0. The molecule has 0 aliphatic carbocycles. The smallest absolute Gasteiger partial charge is 0.416 e. The van der Waals surface area contributed by atoms with Crippen LogP contribution < -0.4 is 4.74 Å². The number of aromatic nitrogens is 5. The number of Topliss-reactive ketones (excluding diaryl/α,β-unsaturated/α-hetero) is 5. The maximum absolute atomic E-state index is 14.2. The maximum Gasteiger partial charge on any atom is 0.416 e. The molecule has 0 saturated carbocycles. The minimum atomic E-state index is -4.53. The topological polar surface area (TPSA) is 225 Å². The molecule has 15 rings (SSSR count). The fourth-order valence-electron chi connectivity index (χ4n) is 12.3. The van der Waals surface area contributed by atoms with Crippen molar-refractivity contribution in [2.24, 2.45) is 0 Å². The highest BCUT2D eigenvalue weighted by atomic mass is 35.5. The number of nitrogens with zero attached hydrogens (tertiary/aromatic N) is 5. The molecule has 0 bridgehead atoms. The quantitative estimate of drug-likeness (QED) is 0.0459. The number of alkyl halides is 3. The average Bonchev–Trinajstić information content (AvgIpc) is 1.60. The summed E-state index contributed by atoms with van der Waals surface area (Å²) in [6, 6.07) is 54.6. The van der Waals surface area contributed by atoms with Crippen molar-refractivity contribution in [2.45, 2.75) is 70.4 Å². The number of methoxy groups -OCH3 is 1. The highest BCUT2D eigenvalue weighted by molar-refractivity contribution is 6.31. The second-order valence-electron chi connectivity index (χ2n) is 26.7. The van der Waals surface area contributed by atoms with Crippen molar-refractivity contribution in [2.75, 3.05) is 7.11 Å². The lowest BCUT2D eigenvalue weighted by molar-refractivity contribution is -0.138. The molecule has 27 heteroatoms. The van der Waals surface area contributed by atoms with Gasteiger partial charge in [0.25, 0.3) is 0 Å². The first-order valence-electron chi connectivity index (χ1n) is 36.3. The Bertz CT molecular complexity index is 5910. The molecule has 16 nitrogen and oxygen atoms in total. The van der Waals surface area contributed by atoms with E-state index >= 15 is 0 Å². The van der Waals surface area contributed by atoms with Gasteiger partial charge in [-0.05, 0) is 147 Å². The van der Waals surface area contributed by atoms with E-state index < -0.39 is 58.2 Å². The largest absolute Gasteiger partial charge is 0.497 e. The molecular formula is C92H68ClF10N5O11. The second-order valence-corrected chi connectivity index (χ2v) is 27.1. The lowest BCUT2D eigenvalue weighted by Gasteiger charge is -2.12. The van der Waals surface area contributed by atoms with Crippen LogP contribution in [0, 0.1) is 40.7 Å². The van der Waals surface area contributed by atoms with E-state index in [1.54, 1.807) is 55.6 Å². The number of carbonyl (C=O) groups is 5. The summed E-state index contributed by atoms with van der Waals surface area (Å²) in [5.41, 5.74) is 5.97. The number of rotatable bonds is 26. The van der Waals surface area contributed by atoms with Gasteiger partial charge in [0.1, 0.15) is 75.4 Å². The Morgan fingerprint density at radius 3 is 0.958 bits per heavy atom. The summed E-state index contributed by atoms with van der Waals surface area (Å²) in [4.78, 5) is 79.4. The Labute approximate surface area is 678 Å². The third-order valence-corrected chi connectivity index (χ3v) is 18.3. The Kier molecular flexibility index (Phi) is 30.0. The number of hydrogen-bond donors (Lipinski definition) is 0. The molecule has 0 aliphatic heterocycles. The van der Waals surface area contributed by atoms with Crippen molar-refractivity contribution in [1.82, 2.24) is 24.9 Å². The predicted molar refractivity (Wildman–Crippen MR) is 420 cm³/mol. The van der Waals surface area contributed by atoms with Gasteiger partial charge in [-0.25, -0.2) is 55.7 Å². The summed E-state index contributed by atoms with van der Waals surface area (Å²) in [7, 11) is 1.58. The van der Waals surface area contributed by atoms with Gasteiger partial charge < -0.3 is 26.8 Å². The molecule has 604 valence electrons. The number of benzene rings is 10. The van der Waals surface area contributed by atoms with E-state index in [9.17, 15) is 67.9 Å². The molecule has 0 N–H and O–H groups in total. The summed E-state index contributed by atoms with van der Waals surface area (Å²) in [5, 5.41) is 0.563. The van der Waals surface area contributed by atoms with Crippen LogP contribution >= 0.6 is 11.6 Å². The molecule has 0 amide bonds. The van der Waals surface area contributed by atoms with E-state index in [2.05, 4.69) is 24.9 Å². The average molecular weight is 1650 g/mol. The summed E-state index contributed by atoms with van der Waals surface area (Å²) in [5.74, 6) is -2.24. The van der Waals surface area contributed by atoms with Crippen molar-refractivity contribution in [3.8, 4) is 62.4 Å². The van der Waals surface area contributed by atoms with Crippen molar-refractivity contribution in [1.29, 1.82) is 0 Å². The number of halogens is 11. The molecule has 5 heterocycles. The van der Waals surface area contributed by atoms with Crippen LogP contribution in [0.5, 0.6) is 5.75 Å². The van der Waals surface area contributed by atoms with Gasteiger partial charge in [0, 0.05) is 75.3 Å². The minimum Gasteiger partial charge on any atom is -0.497 e. The molecule has 0 aliphatic rings. The lowest BCUT2D eigenvalue weighted by atomic mass is 9.98. The molecule has 15 aromatic rings. The zero-order valence-electron chi connectivity index (χ0n) is 62.9. The summed E-state index contributed by atoms with van der Waals surface area (Å²) < 4.78 is 166. The van der Waals surface area contributed by atoms with Crippen molar-refractivity contribution < 1.29 is 94.7 Å². The Hall–Kier alpha value is -14.0. The van der Waals surface area contributed by atoms with Crippen LogP contribution in [0.1, 0.15) is 61.2 Å². The molecular weight excluding hydrogens is 1580 g/mol. The molecule has 0 saturated heterocycles. The Morgan fingerprint density at radius 2 is 0.622 bits per heavy atom. The van der Waals surface area contributed by atoms with Gasteiger partial charge in [-0.3, -0.25) is 24.0 Å². The van der Waals surface area contributed by atoms with E-state index in [0.717, 1.165) is 34.9 Å². The van der Waals surface area contributed by atoms with Crippen LogP contribution in [-0.4, -0.2) is 60.9 Å². The molecule has 0 spiro atoms. The molecule has 0 atom stereocenters. The van der Waals surface area contributed by atoms with E-state index in [1.807, 2.05) is 72.8 Å². The molecule has 119 heavy (non-hydrogen) atoms. The van der Waals surface area contributed by atoms with Crippen LogP contribution in [0.15, 0.2) is 297 Å². The molecule has 0 radical (unpaired) electrons. The van der Waals surface area contributed by atoms with E-state index in [0.29, 0.717) is 84.7 Å². The first-order valence-corrected chi connectivity index (χ1v) is 36.7.